The van der Waals surface area contributed by atoms with Crippen molar-refractivity contribution in [1.29, 1.82) is 0 Å². The van der Waals surface area contributed by atoms with Gasteiger partial charge in [-0.3, -0.25) is 0 Å². The predicted octanol–water partition coefficient (Wildman–Crippen LogP) is 4.84. The highest BCUT2D eigenvalue weighted by Gasteiger charge is 2.22. The molecule has 2 aromatic carbocycles. The third-order valence-corrected chi connectivity index (χ3v) is 4.10. The Morgan fingerprint density at radius 2 is 1.77 bits per heavy atom. The molecule has 3 aromatic rings. The zero-order valence-electron chi connectivity index (χ0n) is 14.9. The van der Waals surface area contributed by atoms with Crippen LogP contribution in [-0.4, -0.2) is 18.5 Å². The van der Waals surface area contributed by atoms with Crippen molar-refractivity contribution in [2.75, 3.05) is 6.61 Å². The van der Waals surface area contributed by atoms with Crippen molar-refractivity contribution in [3.63, 3.8) is 0 Å². The Bertz CT molecular complexity index is 954. The van der Waals surface area contributed by atoms with Gasteiger partial charge in [0.25, 0.3) is 0 Å². The number of rotatable bonds is 5. The van der Waals surface area contributed by atoms with E-state index in [1.165, 1.54) is 0 Å². The first-order chi connectivity index (χ1) is 12.5. The van der Waals surface area contributed by atoms with E-state index in [4.69, 9.17) is 13.9 Å². The summed E-state index contributed by atoms with van der Waals surface area (Å²) in [6.07, 6.45) is -0.629. The number of esters is 2. The molecular formula is C21H20O5. The summed E-state index contributed by atoms with van der Waals surface area (Å²) in [6, 6.07) is 14.8. The molecule has 0 fully saturated rings. The first-order valence-corrected chi connectivity index (χ1v) is 8.46. The number of benzene rings is 2. The van der Waals surface area contributed by atoms with Crippen LogP contribution in [0.3, 0.4) is 0 Å². The molecule has 134 valence electrons. The largest absolute Gasteiger partial charge is 0.462 e. The zero-order chi connectivity index (χ0) is 18.7. The summed E-state index contributed by atoms with van der Waals surface area (Å²) in [7, 11) is 0. The van der Waals surface area contributed by atoms with Crippen molar-refractivity contribution in [2.24, 2.45) is 0 Å². The van der Waals surface area contributed by atoms with Gasteiger partial charge in [-0.15, -0.1) is 0 Å². The average Bonchev–Trinajstić information content (AvgIpc) is 3.03. The molecule has 5 nitrogen and oxygen atoms in total. The summed E-state index contributed by atoms with van der Waals surface area (Å²) in [5, 5.41) is 2.02. The number of hydrogen-bond acceptors (Lipinski definition) is 5. The fraction of sp³-hybridized carbons (Fsp3) is 0.238. The smallest absolute Gasteiger partial charge is 0.341 e. The molecule has 0 aliphatic rings. The van der Waals surface area contributed by atoms with E-state index in [1.54, 1.807) is 39.0 Å². The van der Waals surface area contributed by atoms with E-state index < -0.39 is 18.0 Å². The monoisotopic (exact) mass is 352 g/mol. The maximum Gasteiger partial charge on any atom is 0.341 e. The quantitative estimate of drug-likeness (QED) is 0.615. The normalized spacial score (nSPS) is 12.0. The number of fused-ring (bicyclic) bond motifs is 1. The molecule has 0 aliphatic heterocycles. The lowest BCUT2D eigenvalue weighted by Gasteiger charge is -2.11. The number of carbonyl (C=O) groups excluding carboxylic acids is 2. The van der Waals surface area contributed by atoms with Crippen LogP contribution in [0, 0.1) is 6.92 Å². The molecule has 5 heteroatoms. The SMILES string of the molecule is CCOC(=O)c1cc([C@@H](C)OC(=O)c2ccc3ccccc3c2)oc1C. The predicted molar refractivity (Wildman–Crippen MR) is 97.2 cm³/mol. The van der Waals surface area contributed by atoms with Gasteiger partial charge in [0.15, 0.2) is 6.10 Å². The molecule has 0 saturated carbocycles. The van der Waals surface area contributed by atoms with Gasteiger partial charge in [-0.05, 0) is 49.7 Å². The molecule has 26 heavy (non-hydrogen) atoms. The van der Waals surface area contributed by atoms with Crippen LogP contribution in [0.15, 0.2) is 52.9 Å². The van der Waals surface area contributed by atoms with Gasteiger partial charge in [-0.2, -0.15) is 0 Å². The minimum absolute atomic E-state index is 0.283. The first kappa shape index (κ1) is 17.7. The molecular weight excluding hydrogens is 332 g/mol. The maximum atomic E-state index is 12.4. The Kier molecular flexibility index (Phi) is 5.07. The number of hydrogen-bond donors (Lipinski definition) is 0. The first-order valence-electron chi connectivity index (χ1n) is 8.46. The summed E-state index contributed by atoms with van der Waals surface area (Å²) in [5.41, 5.74) is 0.805. The lowest BCUT2D eigenvalue weighted by Crippen LogP contribution is -2.09. The van der Waals surface area contributed by atoms with Crippen molar-refractivity contribution in [3.8, 4) is 0 Å². The molecule has 0 unspecified atom stereocenters. The van der Waals surface area contributed by atoms with Gasteiger partial charge in [-0.1, -0.05) is 30.3 Å². The van der Waals surface area contributed by atoms with Crippen molar-refractivity contribution < 1.29 is 23.5 Å². The molecule has 0 bridgehead atoms. The van der Waals surface area contributed by atoms with Crippen LogP contribution in [0.1, 0.15) is 52.2 Å². The fourth-order valence-corrected chi connectivity index (χ4v) is 2.72. The second kappa shape index (κ2) is 7.44. The van der Waals surface area contributed by atoms with E-state index in [9.17, 15) is 9.59 Å². The highest BCUT2D eigenvalue weighted by Crippen LogP contribution is 2.25. The number of carbonyl (C=O) groups is 2. The lowest BCUT2D eigenvalue weighted by atomic mass is 10.1. The number of ether oxygens (including phenoxy) is 2. The Balaban J connectivity index is 1.76. The molecule has 0 aliphatic carbocycles. The summed E-state index contributed by atoms with van der Waals surface area (Å²) in [5.74, 6) is -0.0604. The van der Waals surface area contributed by atoms with Crippen molar-refractivity contribution in [2.45, 2.75) is 26.9 Å². The number of furan rings is 1. The van der Waals surface area contributed by atoms with Crippen molar-refractivity contribution >= 4 is 22.7 Å². The summed E-state index contributed by atoms with van der Waals surface area (Å²) >= 11 is 0. The molecule has 0 saturated heterocycles. The minimum atomic E-state index is -0.629. The van der Waals surface area contributed by atoms with E-state index in [1.807, 2.05) is 30.3 Å². The van der Waals surface area contributed by atoms with Crippen LogP contribution >= 0.6 is 0 Å². The van der Waals surface area contributed by atoms with Gasteiger partial charge in [0.1, 0.15) is 17.1 Å². The van der Waals surface area contributed by atoms with E-state index in [0.717, 1.165) is 10.8 Å². The lowest BCUT2D eigenvalue weighted by molar-refractivity contribution is 0.0289. The van der Waals surface area contributed by atoms with Crippen LogP contribution in [0.25, 0.3) is 10.8 Å². The molecule has 3 rings (SSSR count). The van der Waals surface area contributed by atoms with Crippen LogP contribution in [0.5, 0.6) is 0 Å². The Morgan fingerprint density at radius 3 is 2.50 bits per heavy atom. The summed E-state index contributed by atoms with van der Waals surface area (Å²) in [4.78, 5) is 24.3. The molecule has 1 heterocycles. The molecule has 0 amide bonds. The van der Waals surface area contributed by atoms with Crippen LogP contribution in [0.2, 0.25) is 0 Å². The van der Waals surface area contributed by atoms with Crippen LogP contribution in [-0.2, 0) is 9.47 Å². The average molecular weight is 352 g/mol. The molecule has 0 spiro atoms. The van der Waals surface area contributed by atoms with Gasteiger partial charge in [0.2, 0.25) is 0 Å². The Labute approximate surface area is 151 Å². The maximum absolute atomic E-state index is 12.4. The van der Waals surface area contributed by atoms with E-state index >= 15 is 0 Å². The third kappa shape index (κ3) is 3.61. The zero-order valence-corrected chi connectivity index (χ0v) is 14.9. The second-order valence-electron chi connectivity index (χ2n) is 5.95. The Hall–Kier alpha value is -3.08. The van der Waals surface area contributed by atoms with Gasteiger partial charge in [-0.25, -0.2) is 9.59 Å². The van der Waals surface area contributed by atoms with E-state index in [2.05, 4.69) is 0 Å². The van der Waals surface area contributed by atoms with Crippen LogP contribution in [0.4, 0.5) is 0 Å². The Morgan fingerprint density at radius 1 is 1.04 bits per heavy atom. The fourth-order valence-electron chi connectivity index (χ4n) is 2.72. The van der Waals surface area contributed by atoms with Crippen molar-refractivity contribution in [1.82, 2.24) is 0 Å². The topological polar surface area (TPSA) is 65.7 Å². The van der Waals surface area contributed by atoms with Crippen molar-refractivity contribution in [3.05, 3.63) is 71.2 Å². The van der Waals surface area contributed by atoms with E-state index in [-0.39, 0.29) is 6.61 Å². The van der Waals surface area contributed by atoms with Gasteiger partial charge < -0.3 is 13.9 Å². The molecule has 0 N–H and O–H groups in total. The second-order valence-corrected chi connectivity index (χ2v) is 5.95. The third-order valence-electron chi connectivity index (χ3n) is 4.10. The van der Waals surface area contributed by atoms with Gasteiger partial charge in [0, 0.05) is 0 Å². The van der Waals surface area contributed by atoms with Crippen LogP contribution < -0.4 is 0 Å². The number of aryl methyl sites for hydroxylation is 1. The van der Waals surface area contributed by atoms with Gasteiger partial charge >= 0.3 is 11.9 Å². The minimum Gasteiger partial charge on any atom is -0.462 e. The standard InChI is InChI=1S/C21H20O5/c1-4-24-21(23)18-12-19(25-13(18)2)14(3)26-20(22)17-10-9-15-7-5-6-8-16(15)11-17/h5-12,14H,4H2,1-3H3/t14-/m1/s1. The van der Waals surface area contributed by atoms with E-state index in [0.29, 0.717) is 22.6 Å². The molecule has 1 aromatic heterocycles. The summed E-state index contributed by atoms with van der Waals surface area (Å²) in [6.45, 7) is 5.40. The summed E-state index contributed by atoms with van der Waals surface area (Å²) < 4.78 is 16.1. The molecule has 0 radical (unpaired) electrons. The molecule has 1 atom stereocenters. The van der Waals surface area contributed by atoms with Gasteiger partial charge in [0.05, 0.1) is 12.2 Å². The highest BCUT2D eigenvalue weighted by atomic mass is 16.6. The highest BCUT2D eigenvalue weighted by molar-refractivity contribution is 5.95.